The van der Waals surface area contributed by atoms with Crippen molar-refractivity contribution in [3.8, 4) is 17.0 Å². The fourth-order valence-electron chi connectivity index (χ4n) is 2.26. The van der Waals surface area contributed by atoms with Gasteiger partial charge in [0.05, 0.1) is 17.9 Å². The molecule has 5 nitrogen and oxygen atoms in total. The molecule has 0 saturated carbocycles. The van der Waals surface area contributed by atoms with Crippen LogP contribution < -0.4 is 10.1 Å². The molecule has 3 aromatic rings. The molecule has 0 saturated heterocycles. The maximum Gasteiger partial charge on any atom is 0.261 e. The van der Waals surface area contributed by atoms with Crippen LogP contribution in [-0.4, -0.2) is 31.2 Å². The first kappa shape index (κ1) is 18.0. The van der Waals surface area contributed by atoms with Crippen LogP contribution >= 0.6 is 11.3 Å². The number of ether oxygens (including phenoxy) is 2. The van der Waals surface area contributed by atoms with Gasteiger partial charge in [0.1, 0.15) is 18.2 Å². The van der Waals surface area contributed by atoms with Crippen LogP contribution in [0.1, 0.15) is 10.4 Å². The van der Waals surface area contributed by atoms with E-state index < -0.39 is 0 Å². The minimum atomic E-state index is -0.307. The van der Waals surface area contributed by atoms with E-state index in [0.717, 1.165) is 5.56 Å². The smallest absolute Gasteiger partial charge is 0.261 e. The van der Waals surface area contributed by atoms with Gasteiger partial charge in [0.25, 0.3) is 5.91 Å². The first-order valence-corrected chi connectivity index (χ1v) is 8.79. The molecule has 1 amide bonds. The number of nitrogens with one attached hydrogen (secondary N) is 1. The van der Waals surface area contributed by atoms with Crippen molar-refractivity contribution in [3.05, 3.63) is 65.3 Å². The Labute approximate surface area is 154 Å². The summed E-state index contributed by atoms with van der Waals surface area (Å²) < 4.78 is 23.6. The van der Waals surface area contributed by atoms with Gasteiger partial charge in [-0.15, -0.1) is 11.3 Å². The molecule has 2 aromatic carbocycles. The number of carbonyl (C=O) groups excluding carboxylic acids is 1. The van der Waals surface area contributed by atoms with Crippen molar-refractivity contribution in [2.75, 3.05) is 25.6 Å². The third kappa shape index (κ3) is 4.44. The van der Waals surface area contributed by atoms with Crippen molar-refractivity contribution in [1.82, 2.24) is 4.98 Å². The Morgan fingerprint density at radius 1 is 1.15 bits per heavy atom. The number of para-hydroxylation sites is 1. The Bertz CT molecular complexity index is 881. The lowest BCUT2D eigenvalue weighted by atomic mass is 10.2. The molecule has 0 fully saturated rings. The van der Waals surface area contributed by atoms with Crippen molar-refractivity contribution in [1.29, 1.82) is 0 Å². The van der Waals surface area contributed by atoms with E-state index in [1.165, 1.54) is 23.5 Å². The molecule has 3 rings (SSSR count). The molecule has 0 unspecified atom stereocenters. The van der Waals surface area contributed by atoms with E-state index in [1.54, 1.807) is 43.5 Å². The average molecular weight is 372 g/mol. The molecule has 0 bridgehead atoms. The number of thiazole rings is 1. The van der Waals surface area contributed by atoms with E-state index in [1.807, 2.05) is 5.38 Å². The summed E-state index contributed by atoms with van der Waals surface area (Å²) in [5, 5.41) is 5.04. The highest BCUT2D eigenvalue weighted by molar-refractivity contribution is 7.14. The standard InChI is InChI=1S/C19H17FN2O3S/c1-24-10-11-25-17-5-3-2-4-15(17)18(23)22-19-21-16(12-26-19)13-6-8-14(20)9-7-13/h2-9,12H,10-11H2,1H3,(H,21,22,23). The minimum absolute atomic E-state index is 0.303. The molecule has 0 aliphatic rings. The van der Waals surface area contributed by atoms with Gasteiger partial charge in [-0.25, -0.2) is 9.37 Å². The molecule has 0 aliphatic heterocycles. The molecule has 0 spiro atoms. The van der Waals surface area contributed by atoms with Crippen LogP contribution in [0.5, 0.6) is 5.75 Å². The van der Waals surface area contributed by atoms with Gasteiger partial charge in [0.2, 0.25) is 0 Å². The third-order valence-electron chi connectivity index (χ3n) is 3.54. The Kier molecular flexibility index (Phi) is 5.93. The largest absolute Gasteiger partial charge is 0.490 e. The van der Waals surface area contributed by atoms with E-state index in [9.17, 15) is 9.18 Å². The van der Waals surface area contributed by atoms with Crippen LogP contribution in [0.15, 0.2) is 53.9 Å². The molecular formula is C19H17FN2O3S. The van der Waals surface area contributed by atoms with Crippen LogP contribution in [0, 0.1) is 5.82 Å². The fraction of sp³-hybridized carbons (Fsp3) is 0.158. The topological polar surface area (TPSA) is 60.5 Å². The second-order valence-corrected chi connectivity index (χ2v) is 6.19. The van der Waals surface area contributed by atoms with Gasteiger partial charge in [-0.1, -0.05) is 12.1 Å². The quantitative estimate of drug-likeness (QED) is 0.631. The van der Waals surface area contributed by atoms with Crippen LogP contribution in [0.3, 0.4) is 0 Å². The molecule has 1 N–H and O–H groups in total. The fourth-order valence-corrected chi connectivity index (χ4v) is 2.98. The third-order valence-corrected chi connectivity index (χ3v) is 4.30. The van der Waals surface area contributed by atoms with Crippen molar-refractivity contribution in [3.63, 3.8) is 0 Å². The molecule has 134 valence electrons. The molecule has 0 aliphatic carbocycles. The first-order valence-electron chi connectivity index (χ1n) is 7.91. The highest BCUT2D eigenvalue weighted by Gasteiger charge is 2.14. The number of hydrogen-bond acceptors (Lipinski definition) is 5. The van der Waals surface area contributed by atoms with E-state index in [0.29, 0.717) is 35.4 Å². The number of rotatable bonds is 7. The number of amides is 1. The average Bonchev–Trinajstić information content (AvgIpc) is 3.11. The number of nitrogens with zero attached hydrogens (tertiary/aromatic N) is 1. The molecule has 0 radical (unpaired) electrons. The van der Waals surface area contributed by atoms with Crippen LogP contribution in [-0.2, 0) is 4.74 Å². The molecular weight excluding hydrogens is 355 g/mol. The zero-order chi connectivity index (χ0) is 18.4. The Hall–Kier alpha value is -2.77. The number of methoxy groups -OCH3 is 1. The summed E-state index contributed by atoms with van der Waals surface area (Å²) in [6, 6.07) is 13.0. The second-order valence-electron chi connectivity index (χ2n) is 5.34. The van der Waals surface area contributed by atoms with Crippen LogP contribution in [0.25, 0.3) is 11.3 Å². The van der Waals surface area contributed by atoms with Crippen molar-refractivity contribution in [2.45, 2.75) is 0 Å². The lowest BCUT2D eigenvalue weighted by Crippen LogP contribution is -2.14. The maximum atomic E-state index is 13.0. The van der Waals surface area contributed by atoms with Crippen LogP contribution in [0.2, 0.25) is 0 Å². The Morgan fingerprint density at radius 2 is 1.92 bits per heavy atom. The maximum absolute atomic E-state index is 13.0. The minimum Gasteiger partial charge on any atom is -0.490 e. The summed E-state index contributed by atoms with van der Waals surface area (Å²) in [6.07, 6.45) is 0. The zero-order valence-corrected chi connectivity index (χ0v) is 14.9. The predicted octanol–water partition coefficient (Wildman–Crippen LogP) is 4.23. The van der Waals surface area contributed by atoms with E-state index in [-0.39, 0.29) is 11.7 Å². The van der Waals surface area contributed by atoms with Gasteiger partial charge in [-0.05, 0) is 36.4 Å². The summed E-state index contributed by atoms with van der Waals surface area (Å²) >= 11 is 1.30. The summed E-state index contributed by atoms with van der Waals surface area (Å²) in [7, 11) is 1.59. The summed E-state index contributed by atoms with van der Waals surface area (Å²) in [4.78, 5) is 16.9. The number of benzene rings is 2. The lowest BCUT2D eigenvalue weighted by Gasteiger charge is -2.10. The van der Waals surface area contributed by atoms with E-state index in [2.05, 4.69) is 10.3 Å². The van der Waals surface area contributed by atoms with Gasteiger partial charge < -0.3 is 9.47 Å². The highest BCUT2D eigenvalue weighted by Crippen LogP contribution is 2.26. The van der Waals surface area contributed by atoms with Gasteiger partial charge in [0, 0.05) is 18.1 Å². The zero-order valence-electron chi connectivity index (χ0n) is 14.1. The number of aromatic nitrogens is 1. The van der Waals surface area contributed by atoms with E-state index >= 15 is 0 Å². The number of halogens is 1. The van der Waals surface area contributed by atoms with Crippen LogP contribution in [0.4, 0.5) is 9.52 Å². The number of anilines is 1. The lowest BCUT2D eigenvalue weighted by molar-refractivity contribution is 0.101. The number of hydrogen-bond donors (Lipinski definition) is 1. The summed E-state index contributed by atoms with van der Waals surface area (Å²) in [5.74, 6) is -0.127. The van der Waals surface area contributed by atoms with Gasteiger partial charge in [-0.2, -0.15) is 0 Å². The van der Waals surface area contributed by atoms with Gasteiger partial charge >= 0.3 is 0 Å². The normalized spacial score (nSPS) is 10.5. The van der Waals surface area contributed by atoms with E-state index in [4.69, 9.17) is 9.47 Å². The Morgan fingerprint density at radius 3 is 2.69 bits per heavy atom. The van der Waals surface area contributed by atoms with Gasteiger partial charge in [-0.3, -0.25) is 10.1 Å². The predicted molar refractivity (Wildman–Crippen MR) is 99.3 cm³/mol. The molecule has 1 aromatic heterocycles. The van der Waals surface area contributed by atoms with Crippen molar-refractivity contribution in [2.24, 2.45) is 0 Å². The highest BCUT2D eigenvalue weighted by atomic mass is 32.1. The SMILES string of the molecule is COCCOc1ccccc1C(=O)Nc1nc(-c2ccc(F)cc2)cs1. The Balaban J connectivity index is 1.72. The molecule has 7 heteroatoms. The van der Waals surface area contributed by atoms with Crippen molar-refractivity contribution < 1.29 is 18.7 Å². The first-order chi connectivity index (χ1) is 12.7. The van der Waals surface area contributed by atoms with Crippen molar-refractivity contribution >= 4 is 22.4 Å². The molecule has 26 heavy (non-hydrogen) atoms. The second kappa shape index (κ2) is 8.55. The monoisotopic (exact) mass is 372 g/mol. The summed E-state index contributed by atoms with van der Waals surface area (Å²) in [6.45, 7) is 0.788. The summed E-state index contributed by atoms with van der Waals surface area (Å²) in [5.41, 5.74) is 1.88. The van der Waals surface area contributed by atoms with Gasteiger partial charge in [0.15, 0.2) is 5.13 Å². The molecule has 0 atom stereocenters. The number of carbonyl (C=O) groups is 1. The molecule has 1 heterocycles.